The molecule has 41 heavy (non-hydrogen) atoms. The van der Waals surface area contributed by atoms with Gasteiger partial charge in [-0.05, 0) is 54.8 Å². The molecule has 0 unspecified atom stereocenters. The first-order valence-electron chi connectivity index (χ1n) is 12.5. The largest absolute Gasteiger partial charge is 0.497 e. The zero-order chi connectivity index (χ0) is 29.6. The quantitative estimate of drug-likeness (QED) is 0.320. The fraction of sp³-hybridized carbons (Fsp3) is 0.296. The number of nitrogens with zero attached hydrogens (tertiary/aromatic N) is 2. The minimum absolute atomic E-state index is 0.0535. The van der Waals surface area contributed by atoms with Crippen molar-refractivity contribution in [1.82, 2.24) is 9.62 Å². The van der Waals surface area contributed by atoms with Crippen molar-refractivity contribution in [3.63, 3.8) is 0 Å². The van der Waals surface area contributed by atoms with Gasteiger partial charge in [-0.2, -0.15) is 4.31 Å². The molecule has 2 amide bonds. The van der Waals surface area contributed by atoms with E-state index in [0.29, 0.717) is 18.6 Å². The Balaban J connectivity index is 1.35. The van der Waals surface area contributed by atoms with Crippen LogP contribution in [0.3, 0.4) is 0 Å². The van der Waals surface area contributed by atoms with Gasteiger partial charge in [0, 0.05) is 41.8 Å². The predicted octanol–water partition coefficient (Wildman–Crippen LogP) is 5.50. The van der Waals surface area contributed by atoms with Crippen LogP contribution in [0.4, 0.5) is 10.5 Å². The predicted molar refractivity (Wildman–Crippen MR) is 158 cm³/mol. The number of sulfonamides is 1. The standard InChI is InChI=1S/C27H26Cl3N3O6S2/c1-39-20-11-9-18(10-12-20)15-31-26(34)33(22-6-4-8-24(25(22)29)40(30,35)36)19-13-27(14-19)16-32(17-27)41(37,38)23-7-3-2-5-21(23)28/h2-12,19H,13-17H2,1H3,(H,31,34). The SMILES string of the molecule is COc1ccc(CNC(=O)N(c2cccc(S(=O)(=O)Cl)c2Cl)C2CC3(C2)CN(S(=O)(=O)c2ccccc2Cl)C3)cc1. The summed E-state index contributed by atoms with van der Waals surface area (Å²) in [6.45, 7) is 0.760. The van der Waals surface area contributed by atoms with Crippen LogP contribution in [0, 0.1) is 5.41 Å². The van der Waals surface area contributed by atoms with Gasteiger partial charge in [-0.15, -0.1) is 0 Å². The molecule has 1 saturated carbocycles. The molecule has 0 radical (unpaired) electrons. The Morgan fingerprint density at radius 3 is 2.22 bits per heavy atom. The molecule has 1 N–H and O–H groups in total. The summed E-state index contributed by atoms with van der Waals surface area (Å²) in [5, 5.41) is 2.87. The zero-order valence-corrected chi connectivity index (χ0v) is 25.7. The molecule has 3 aromatic carbocycles. The smallest absolute Gasteiger partial charge is 0.322 e. The summed E-state index contributed by atoms with van der Waals surface area (Å²) >= 11 is 12.6. The molecule has 1 aliphatic carbocycles. The number of carbonyl (C=O) groups is 1. The van der Waals surface area contributed by atoms with E-state index in [9.17, 15) is 21.6 Å². The average Bonchev–Trinajstić information content (AvgIpc) is 2.88. The number of methoxy groups -OCH3 is 1. The zero-order valence-electron chi connectivity index (χ0n) is 21.8. The number of hydrogen-bond acceptors (Lipinski definition) is 6. The third-order valence-electron chi connectivity index (χ3n) is 7.47. The van der Waals surface area contributed by atoms with Gasteiger partial charge < -0.3 is 10.1 Å². The van der Waals surface area contributed by atoms with Crippen molar-refractivity contribution < 1.29 is 26.4 Å². The van der Waals surface area contributed by atoms with Crippen LogP contribution in [0.1, 0.15) is 18.4 Å². The van der Waals surface area contributed by atoms with Crippen LogP contribution in [-0.2, 0) is 25.6 Å². The highest BCUT2D eigenvalue weighted by Crippen LogP contribution is 2.53. The number of halogens is 3. The molecule has 1 saturated heterocycles. The Morgan fingerprint density at radius 1 is 0.976 bits per heavy atom. The molecule has 2 fully saturated rings. The van der Waals surface area contributed by atoms with E-state index < -0.39 is 25.1 Å². The lowest BCUT2D eigenvalue weighted by Gasteiger charge is -2.60. The third-order valence-corrected chi connectivity index (χ3v) is 11.6. The Kier molecular flexibility index (Phi) is 8.23. The minimum Gasteiger partial charge on any atom is -0.497 e. The Hall–Kier alpha value is -2.54. The van der Waals surface area contributed by atoms with E-state index in [1.165, 1.54) is 33.5 Å². The number of amides is 2. The van der Waals surface area contributed by atoms with Crippen LogP contribution in [0.5, 0.6) is 5.75 Å². The van der Waals surface area contributed by atoms with E-state index >= 15 is 0 Å². The molecule has 0 bridgehead atoms. The van der Waals surface area contributed by atoms with Gasteiger partial charge in [-0.1, -0.05) is 53.5 Å². The van der Waals surface area contributed by atoms with E-state index in [1.807, 2.05) is 12.1 Å². The van der Waals surface area contributed by atoms with Crippen molar-refractivity contribution >= 4 is 64.7 Å². The Morgan fingerprint density at radius 2 is 1.61 bits per heavy atom. The molecular formula is C27H26Cl3N3O6S2. The van der Waals surface area contributed by atoms with Gasteiger partial charge in [0.2, 0.25) is 10.0 Å². The summed E-state index contributed by atoms with van der Waals surface area (Å²) in [7, 11) is -0.778. The molecule has 3 aromatic rings. The van der Waals surface area contributed by atoms with Crippen LogP contribution in [0.25, 0.3) is 0 Å². The van der Waals surface area contributed by atoms with Gasteiger partial charge in [0.1, 0.15) is 15.5 Å². The van der Waals surface area contributed by atoms with Crippen LogP contribution in [0.2, 0.25) is 10.0 Å². The molecule has 14 heteroatoms. The van der Waals surface area contributed by atoms with Crippen LogP contribution in [-0.4, -0.2) is 53.4 Å². The minimum atomic E-state index is -4.18. The highest BCUT2D eigenvalue weighted by atomic mass is 35.7. The summed E-state index contributed by atoms with van der Waals surface area (Å²) < 4.78 is 57.0. The van der Waals surface area contributed by atoms with Crippen molar-refractivity contribution in [1.29, 1.82) is 0 Å². The van der Waals surface area contributed by atoms with Crippen molar-refractivity contribution in [3.05, 3.63) is 82.3 Å². The van der Waals surface area contributed by atoms with Crippen molar-refractivity contribution in [3.8, 4) is 5.75 Å². The van der Waals surface area contributed by atoms with Gasteiger partial charge in [0.15, 0.2) is 0 Å². The molecule has 1 heterocycles. The number of rotatable bonds is 8. The fourth-order valence-electron chi connectivity index (χ4n) is 5.40. The normalized spacial score (nSPS) is 17.0. The number of ether oxygens (including phenoxy) is 1. The van der Waals surface area contributed by atoms with Gasteiger partial charge in [-0.25, -0.2) is 21.6 Å². The van der Waals surface area contributed by atoms with Crippen molar-refractivity contribution in [2.24, 2.45) is 5.41 Å². The van der Waals surface area contributed by atoms with Gasteiger partial charge >= 0.3 is 6.03 Å². The van der Waals surface area contributed by atoms with Gasteiger partial charge in [0.05, 0.1) is 22.8 Å². The van der Waals surface area contributed by atoms with E-state index in [4.69, 9.17) is 38.6 Å². The molecule has 5 rings (SSSR count). The van der Waals surface area contributed by atoms with Crippen LogP contribution < -0.4 is 15.0 Å². The number of hydrogen-bond donors (Lipinski definition) is 1. The summed E-state index contributed by atoms with van der Waals surface area (Å²) in [4.78, 5) is 14.8. The lowest BCUT2D eigenvalue weighted by molar-refractivity contribution is -0.0232. The van der Waals surface area contributed by atoms with E-state index in [0.717, 1.165) is 5.56 Å². The lowest BCUT2D eigenvalue weighted by atomic mass is 9.61. The molecule has 0 atom stereocenters. The number of benzene rings is 3. The topological polar surface area (TPSA) is 113 Å². The first kappa shape index (κ1) is 29.9. The highest BCUT2D eigenvalue weighted by molar-refractivity contribution is 8.13. The second-order valence-electron chi connectivity index (χ2n) is 10.2. The van der Waals surface area contributed by atoms with Crippen LogP contribution >= 0.6 is 33.9 Å². The third kappa shape index (κ3) is 5.89. The summed E-state index contributed by atoms with van der Waals surface area (Å²) in [6, 6.07) is 16.9. The molecule has 9 nitrogen and oxygen atoms in total. The van der Waals surface area contributed by atoms with E-state index in [1.54, 1.807) is 37.4 Å². The van der Waals surface area contributed by atoms with Crippen molar-refractivity contribution in [2.45, 2.75) is 35.2 Å². The molecule has 1 aliphatic heterocycles. The first-order valence-corrected chi connectivity index (χ1v) is 17.0. The molecular weight excluding hydrogens is 633 g/mol. The summed E-state index contributed by atoms with van der Waals surface area (Å²) in [5.41, 5.74) is 0.697. The molecule has 1 spiro atoms. The number of anilines is 1. The molecule has 218 valence electrons. The van der Waals surface area contributed by atoms with Gasteiger partial charge in [-0.3, -0.25) is 4.90 Å². The lowest BCUT2D eigenvalue weighted by Crippen LogP contribution is -2.68. The number of nitrogens with one attached hydrogen (secondary N) is 1. The molecule has 0 aromatic heterocycles. The maximum atomic E-state index is 13.6. The monoisotopic (exact) mass is 657 g/mol. The Bertz CT molecular complexity index is 1690. The first-order chi connectivity index (χ1) is 19.3. The summed E-state index contributed by atoms with van der Waals surface area (Å²) in [5.74, 6) is 0.679. The van der Waals surface area contributed by atoms with Gasteiger partial charge in [0.25, 0.3) is 9.05 Å². The number of carbonyl (C=O) groups excluding carboxylic acids is 1. The summed E-state index contributed by atoms with van der Waals surface area (Å²) in [6.07, 6.45) is 0.983. The van der Waals surface area contributed by atoms with E-state index in [2.05, 4.69) is 5.32 Å². The second kappa shape index (κ2) is 11.3. The molecule has 2 aliphatic rings. The second-order valence-corrected chi connectivity index (χ2v) is 15.4. The van der Waals surface area contributed by atoms with E-state index in [-0.39, 0.29) is 56.6 Å². The average molecular weight is 659 g/mol. The maximum Gasteiger partial charge on any atom is 0.322 e. The van der Waals surface area contributed by atoms with Crippen LogP contribution in [0.15, 0.2) is 76.5 Å². The highest BCUT2D eigenvalue weighted by Gasteiger charge is 2.58. The Labute approximate surface area is 253 Å². The maximum absolute atomic E-state index is 13.6. The fourth-order valence-corrected chi connectivity index (χ4v) is 9.14. The van der Waals surface area contributed by atoms with Crippen molar-refractivity contribution in [2.75, 3.05) is 25.1 Å². The number of urea groups is 1.